The maximum Gasteiger partial charge on any atom is 0.00860 e. The largest absolute Gasteiger partial charge is 0.330 e. The number of nitrogens with two attached hydrogens (primary N) is 1. The molecule has 1 nitrogen and oxygen atoms in total. The first-order chi connectivity index (χ1) is 11.9. The summed E-state index contributed by atoms with van der Waals surface area (Å²) in [6.07, 6.45) is 32.9. The van der Waals surface area contributed by atoms with Gasteiger partial charge in [0, 0.05) is 6.42 Å². The summed E-state index contributed by atoms with van der Waals surface area (Å²) in [6.45, 7) is 0.868. The predicted molar refractivity (Wildman–Crippen MR) is 110 cm³/mol. The topological polar surface area (TPSA) is 26.0 Å². The van der Waals surface area contributed by atoms with Gasteiger partial charge in [-0.2, -0.15) is 0 Å². The summed E-state index contributed by atoms with van der Waals surface area (Å²) in [5.41, 5.74) is 5.50. The molecule has 0 unspecified atom stereocenters. The fraction of sp³-hybridized carbons (Fsp3) is 0.913. The molecule has 0 spiro atoms. The van der Waals surface area contributed by atoms with Gasteiger partial charge in [0.1, 0.15) is 0 Å². The SMILES string of the molecule is C#CCCCCCCCCCCCCCCCCCCCCCN. The van der Waals surface area contributed by atoms with E-state index in [9.17, 15) is 0 Å². The molecular formula is C23H45N. The van der Waals surface area contributed by atoms with Crippen LogP contribution in [0, 0.1) is 12.3 Å². The molecule has 24 heavy (non-hydrogen) atoms. The van der Waals surface area contributed by atoms with E-state index in [1.165, 1.54) is 122 Å². The summed E-state index contributed by atoms with van der Waals surface area (Å²) < 4.78 is 0. The van der Waals surface area contributed by atoms with E-state index in [0.717, 1.165) is 13.0 Å². The fourth-order valence-corrected chi connectivity index (χ4v) is 3.38. The van der Waals surface area contributed by atoms with Crippen LogP contribution in [0.4, 0.5) is 0 Å². The van der Waals surface area contributed by atoms with Crippen molar-refractivity contribution in [3.05, 3.63) is 0 Å². The van der Waals surface area contributed by atoms with E-state index in [2.05, 4.69) is 5.92 Å². The summed E-state index contributed by atoms with van der Waals surface area (Å²) in [4.78, 5) is 0. The number of hydrogen-bond acceptors (Lipinski definition) is 1. The van der Waals surface area contributed by atoms with Crippen LogP contribution in [0.25, 0.3) is 0 Å². The molecule has 0 aliphatic carbocycles. The average molecular weight is 336 g/mol. The lowest BCUT2D eigenvalue weighted by molar-refractivity contribution is 0.523. The Balaban J connectivity index is 2.94. The number of unbranched alkanes of at least 4 members (excludes halogenated alkanes) is 19. The van der Waals surface area contributed by atoms with Crippen molar-refractivity contribution in [3.63, 3.8) is 0 Å². The van der Waals surface area contributed by atoms with E-state index in [-0.39, 0.29) is 0 Å². The molecule has 0 heterocycles. The zero-order valence-corrected chi connectivity index (χ0v) is 16.5. The molecule has 0 atom stereocenters. The number of hydrogen-bond donors (Lipinski definition) is 1. The molecule has 0 amide bonds. The van der Waals surface area contributed by atoms with Crippen molar-refractivity contribution < 1.29 is 0 Å². The highest BCUT2D eigenvalue weighted by Gasteiger charge is 1.95. The third kappa shape index (κ3) is 21.5. The second-order valence-electron chi connectivity index (χ2n) is 7.46. The summed E-state index contributed by atoms with van der Waals surface area (Å²) in [7, 11) is 0. The minimum absolute atomic E-state index is 0.868. The highest BCUT2D eigenvalue weighted by molar-refractivity contribution is 4.82. The molecule has 0 aliphatic rings. The van der Waals surface area contributed by atoms with E-state index < -0.39 is 0 Å². The van der Waals surface area contributed by atoms with Crippen LogP contribution in [0.1, 0.15) is 128 Å². The molecule has 1 heteroatoms. The van der Waals surface area contributed by atoms with Crippen LogP contribution < -0.4 is 5.73 Å². The number of terminal acetylenes is 1. The Morgan fingerprint density at radius 1 is 0.417 bits per heavy atom. The van der Waals surface area contributed by atoms with E-state index in [4.69, 9.17) is 12.2 Å². The third-order valence-corrected chi connectivity index (χ3v) is 5.03. The highest BCUT2D eigenvalue weighted by Crippen LogP contribution is 2.14. The molecule has 0 aliphatic heterocycles. The predicted octanol–water partition coefficient (Wildman–Crippen LogP) is 7.38. The molecule has 0 bridgehead atoms. The zero-order valence-electron chi connectivity index (χ0n) is 16.5. The maximum atomic E-state index is 5.50. The molecule has 0 fully saturated rings. The van der Waals surface area contributed by atoms with E-state index >= 15 is 0 Å². The first-order valence-electron chi connectivity index (χ1n) is 11.1. The molecule has 142 valence electrons. The summed E-state index contributed by atoms with van der Waals surface area (Å²) in [5.74, 6) is 2.72. The van der Waals surface area contributed by atoms with Crippen LogP contribution in [0.15, 0.2) is 0 Å². The van der Waals surface area contributed by atoms with Crippen LogP contribution in [-0.2, 0) is 0 Å². The second kappa shape index (κ2) is 22.5. The second-order valence-corrected chi connectivity index (χ2v) is 7.46. The summed E-state index contributed by atoms with van der Waals surface area (Å²) in [6, 6.07) is 0. The van der Waals surface area contributed by atoms with Crippen LogP contribution >= 0.6 is 0 Å². The van der Waals surface area contributed by atoms with Gasteiger partial charge in [0.25, 0.3) is 0 Å². The van der Waals surface area contributed by atoms with Crippen LogP contribution in [0.5, 0.6) is 0 Å². The quantitative estimate of drug-likeness (QED) is 0.182. The van der Waals surface area contributed by atoms with Gasteiger partial charge >= 0.3 is 0 Å². The first-order valence-corrected chi connectivity index (χ1v) is 11.1. The van der Waals surface area contributed by atoms with Crippen molar-refractivity contribution in [1.29, 1.82) is 0 Å². The lowest BCUT2D eigenvalue weighted by atomic mass is 10.0. The van der Waals surface area contributed by atoms with Gasteiger partial charge in [0.05, 0.1) is 0 Å². The Morgan fingerprint density at radius 2 is 0.667 bits per heavy atom. The van der Waals surface area contributed by atoms with Gasteiger partial charge in [-0.1, -0.05) is 109 Å². The van der Waals surface area contributed by atoms with E-state index in [1.807, 2.05) is 0 Å². The van der Waals surface area contributed by atoms with Crippen molar-refractivity contribution in [2.24, 2.45) is 5.73 Å². The minimum atomic E-state index is 0.868. The Kier molecular flexibility index (Phi) is 22.1. The van der Waals surface area contributed by atoms with Gasteiger partial charge in [-0.15, -0.1) is 12.3 Å². The molecule has 0 rings (SSSR count). The Bertz CT molecular complexity index is 253. The molecule has 0 aromatic rings. The highest BCUT2D eigenvalue weighted by atomic mass is 14.5. The van der Waals surface area contributed by atoms with Crippen molar-refractivity contribution in [2.45, 2.75) is 128 Å². The van der Waals surface area contributed by atoms with Crippen molar-refractivity contribution in [1.82, 2.24) is 0 Å². The van der Waals surface area contributed by atoms with Gasteiger partial charge in [-0.3, -0.25) is 0 Å². The Hall–Kier alpha value is -0.480. The zero-order chi connectivity index (χ0) is 17.6. The van der Waals surface area contributed by atoms with E-state index in [0.29, 0.717) is 0 Å². The van der Waals surface area contributed by atoms with E-state index in [1.54, 1.807) is 0 Å². The Morgan fingerprint density at radius 3 is 0.917 bits per heavy atom. The van der Waals surface area contributed by atoms with Crippen molar-refractivity contribution in [2.75, 3.05) is 6.54 Å². The lowest BCUT2D eigenvalue weighted by Gasteiger charge is -2.04. The van der Waals surface area contributed by atoms with Gasteiger partial charge < -0.3 is 5.73 Å². The van der Waals surface area contributed by atoms with Crippen LogP contribution in [0.2, 0.25) is 0 Å². The molecule has 2 N–H and O–H groups in total. The van der Waals surface area contributed by atoms with Gasteiger partial charge in [-0.05, 0) is 19.4 Å². The molecule has 0 aromatic heterocycles. The third-order valence-electron chi connectivity index (χ3n) is 5.03. The fourth-order valence-electron chi connectivity index (χ4n) is 3.38. The lowest BCUT2D eigenvalue weighted by Crippen LogP contribution is -1.97. The van der Waals surface area contributed by atoms with Gasteiger partial charge in [-0.25, -0.2) is 0 Å². The average Bonchev–Trinajstić information content (AvgIpc) is 2.60. The Labute approximate surface area is 153 Å². The van der Waals surface area contributed by atoms with Crippen LogP contribution in [0.3, 0.4) is 0 Å². The minimum Gasteiger partial charge on any atom is -0.330 e. The molecule has 0 aromatic carbocycles. The monoisotopic (exact) mass is 335 g/mol. The smallest absolute Gasteiger partial charge is 0.00860 e. The molecule has 0 saturated carbocycles. The normalized spacial score (nSPS) is 10.8. The maximum absolute atomic E-state index is 5.50. The number of rotatable bonds is 20. The van der Waals surface area contributed by atoms with Crippen LogP contribution in [-0.4, -0.2) is 6.54 Å². The molecule has 0 radical (unpaired) electrons. The van der Waals surface area contributed by atoms with Gasteiger partial charge in [0.15, 0.2) is 0 Å². The molecular weight excluding hydrogens is 290 g/mol. The standard InChI is InChI=1S/C23H45N/c1-2-3-4-5-6-7-8-9-10-11-12-13-14-15-16-17-18-19-20-21-22-23-24/h1H,3-24H2. The summed E-state index contributed by atoms with van der Waals surface area (Å²) >= 11 is 0. The van der Waals surface area contributed by atoms with Crippen molar-refractivity contribution in [3.8, 4) is 12.3 Å². The summed E-state index contributed by atoms with van der Waals surface area (Å²) in [5, 5.41) is 0. The van der Waals surface area contributed by atoms with Gasteiger partial charge in [0.2, 0.25) is 0 Å². The van der Waals surface area contributed by atoms with Crippen molar-refractivity contribution >= 4 is 0 Å². The molecule has 0 saturated heterocycles. The first kappa shape index (κ1) is 23.5.